The summed E-state index contributed by atoms with van der Waals surface area (Å²) in [5.41, 5.74) is 2.16. The quantitative estimate of drug-likeness (QED) is 0.652. The van der Waals surface area contributed by atoms with Gasteiger partial charge in [-0.05, 0) is 25.1 Å². The molecule has 2 rings (SSSR count). The van der Waals surface area contributed by atoms with E-state index < -0.39 is 0 Å². The second kappa shape index (κ2) is 2.79. The van der Waals surface area contributed by atoms with Crippen LogP contribution in [-0.2, 0) is 0 Å². The molecule has 0 fully saturated rings. The van der Waals surface area contributed by atoms with Crippen LogP contribution in [0.2, 0.25) is 5.02 Å². The Morgan fingerprint density at radius 1 is 1.50 bits per heavy atom. The number of hydrogen-bond acceptors (Lipinski definition) is 2. The molecule has 0 bridgehead atoms. The molecule has 1 aromatic rings. The van der Waals surface area contributed by atoms with E-state index in [-0.39, 0.29) is 0 Å². The smallest absolute Gasteiger partial charge is 0.0891 e. The van der Waals surface area contributed by atoms with Crippen molar-refractivity contribution >= 4 is 23.6 Å². The number of halogens is 1. The first-order valence-corrected chi connectivity index (χ1v) is 4.23. The van der Waals surface area contributed by atoms with E-state index in [1.807, 2.05) is 18.2 Å². The lowest BCUT2D eigenvalue weighted by Gasteiger charge is -2.18. The van der Waals surface area contributed by atoms with Crippen LogP contribution in [0.4, 0.5) is 5.69 Å². The van der Waals surface area contributed by atoms with Crippen LogP contribution in [0, 0.1) is 0 Å². The summed E-state index contributed by atoms with van der Waals surface area (Å²) >= 11 is 5.86. The largest absolute Gasteiger partial charge is 0.369 e. The van der Waals surface area contributed by atoms with Gasteiger partial charge in [0.05, 0.1) is 18.1 Å². The molecule has 0 saturated heterocycles. The molecule has 3 heteroatoms. The van der Waals surface area contributed by atoms with Gasteiger partial charge in [-0.25, -0.2) is 4.99 Å². The van der Waals surface area contributed by atoms with Gasteiger partial charge in [0.2, 0.25) is 0 Å². The van der Waals surface area contributed by atoms with Crippen molar-refractivity contribution in [3.8, 4) is 0 Å². The molecule has 0 saturated carbocycles. The van der Waals surface area contributed by atoms with Crippen molar-refractivity contribution in [2.45, 2.75) is 13.0 Å². The van der Waals surface area contributed by atoms with Crippen LogP contribution in [-0.4, -0.2) is 6.34 Å². The van der Waals surface area contributed by atoms with Crippen LogP contribution >= 0.6 is 11.6 Å². The van der Waals surface area contributed by atoms with Crippen LogP contribution in [0.3, 0.4) is 0 Å². The molecule has 0 radical (unpaired) electrons. The van der Waals surface area contributed by atoms with Crippen molar-refractivity contribution in [1.29, 1.82) is 0 Å². The predicted molar refractivity (Wildman–Crippen MR) is 51.2 cm³/mol. The maximum Gasteiger partial charge on any atom is 0.0891 e. The highest BCUT2D eigenvalue weighted by molar-refractivity contribution is 6.30. The molecular formula is C9H9ClN2. The average molecular weight is 181 g/mol. The monoisotopic (exact) mass is 180 g/mol. The van der Waals surface area contributed by atoms with E-state index in [1.54, 1.807) is 6.34 Å². The van der Waals surface area contributed by atoms with E-state index in [0.717, 1.165) is 16.3 Å². The topological polar surface area (TPSA) is 24.4 Å². The van der Waals surface area contributed by atoms with Crippen molar-refractivity contribution in [2.75, 3.05) is 0 Å². The zero-order valence-electron chi connectivity index (χ0n) is 6.71. The van der Waals surface area contributed by atoms with Crippen LogP contribution in [0.15, 0.2) is 23.2 Å². The summed E-state index contributed by atoms with van der Waals surface area (Å²) in [6.45, 7) is 2.08. The molecule has 1 unspecified atom stereocenters. The zero-order valence-corrected chi connectivity index (χ0v) is 7.47. The van der Waals surface area contributed by atoms with Crippen LogP contribution < -0.4 is 5.32 Å². The Bertz CT molecular complexity index is 333. The highest BCUT2D eigenvalue weighted by Gasteiger charge is 2.12. The van der Waals surface area contributed by atoms with Crippen LogP contribution in [0.5, 0.6) is 0 Å². The summed E-state index contributed by atoms with van der Waals surface area (Å²) in [6.07, 6.45) is 1.72. The molecule has 1 atom stereocenters. The van der Waals surface area contributed by atoms with Gasteiger partial charge in [-0.2, -0.15) is 0 Å². The zero-order chi connectivity index (χ0) is 8.55. The van der Waals surface area contributed by atoms with Gasteiger partial charge in [-0.1, -0.05) is 11.6 Å². The first kappa shape index (κ1) is 7.62. The van der Waals surface area contributed by atoms with Gasteiger partial charge in [0.25, 0.3) is 0 Å². The number of benzene rings is 1. The average Bonchev–Trinajstić information content (AvgIpc) is 2.07. The minimum Gasteiger partial charge on any atom is -0.369 e. The molecule has 1 heterocycles. The van der Waals surface area contributed by atoms with Crippen LogP contribution in [0.1, 0.15) is 18.5 Å². The molecule has 62 valence electrons. The van der Waals surface area contributed by atoms with Crippen molar-refractivity contribution in [3.05, 3.63) is 28.8 Å². The van der Waals surface area contributed by atoms with Crippen molar-refractivity contribution in [3.63, 3.8) is 0 Å². The fraction of sp³-hybridized carbons (Fsp3) is 0.222. The molecule has 1 aliphatic heterocycles. The lowest BCUT2D eigenvalue weighted by atomic mass is 10.1. The number of nitrogens with one attached hydrogen (secondary N) is 1. The lowest BCUT2D eigenvalue weighted by molar-refractivity contribution is 0.717. The molecule has 0 spiro atoms. The standard InChI is InChI=1S/C9H9ClN2/c1-6-8-4-7(10)2-3-9(8)12-5-11-6/h2-6H,1H3,(H,11,12). The molecule has 1 N–H and O–H groups in total. The molecule has 12 heavy (non-hydrogen) atoms. The SMILES string of the molecule is CC1NC=Nc2ccc(Cl)cc21. The fourth-order valence-corrected chi connectivity index (χ4v) is 1.48. The van der Waals surface area contributed by atoms with Gasteiger partial charge in [-0.15, -0.1) is 0 Å². The second-order valence-electron chi connectivity index (χ2n) is 2.85. The van der Waals surface area contributed by atoms with Gasteiger partial charge < -0.3 is 5.32 Å². The van der Waals surface area contributed by atoms with Crippen molar-refractivity contribution in [1.82, 2.24) is 5.32 Å². The molecule has 1 aliphatic rings. The highest BCUT2D eigenvalue weighted by Crippen LogP contribution is 2.29. The van der Waals surface area contributed by atoms with Gasteiger partial charge in [0, 0.05) is 10.6 Å². The van der Waals surface area contributed by atoms with Gasteiger partial charge in [-0.3, -0.25) is 0 Å². The molecule has 0 amide bonds. The number of fused-ring (bicyclic) bond motifs is 1. The molecular weight excluding hydrogens is 172 g/mol. The maximum atomic E-state index is 5.86. The Kier molecular flexibility index (Phi) is 1.77. The van der Waals surface area contributed by atoms with E-state index >= 15 is 0 Å². The van der Waals surface area contributed by atoms with E-state index in [2.05, 4.69) is 17.2 Å². The predicted octanol–water partition coefficient (Wildman–Crippen LogP) is 2.66. The first-order chi connectivity index (χ1) is 5.77. The fourth-order valence-electron chi connectivity index (χ4n) is 1.30. The molecule has 0 aromatic heterocycles. The Morgan fingerprint density at radius 2 is 2.33 bits per heavy atom. The third kappa shape index (κ3) is 1.18. The van der Waals surface area contributed by atoms with E-state index in [1.165, 1.54) is 0 Å². The molecule has 0 aliphatic carbocycles. The summed E-state index contributed by atoms with van der Waals surface area (Å²) in [6, 6.07) is 6.04. The third-order valence-corrected chi connectivity index (χ3v) is 2.22. The Labute approximate surface area is 76.3 Å². The van der Waals surface area contributed by atoms with E-state index in [4.69, 9.17) is 11.6 Å². The van der Waals surface area contributed by atoms with Gasteiger partial charge in [0.15, 0.2) is 0 Å². The summed E-state index contributed by atoms with van der Waals surface area (Å²) in [4.78, 5) is 4.19. The minimum atomic E-state index is 0.302. The number of aliphatic imine (C=N–C) groups is 1. The third-order valence-electron chi connectivity index (χ3n) is 1.98. The summed E-state index contributed by atoms with van der Waals surface area (Å²) in [5.74, 6) is 0. The summed E-state index contributed by atoms with van der Waals surface area (Å²) in [5, 5.41) is 3.88. The number of rotatable bonds is 0. The lowest BCUT2D eigenvalue weighted by Crippen LogP contribution is -2.19. The summed E-state index contributed by atoms with van der Waals surface area (Å²) < 4.78 is 0. The van der Waals surface area contributed by atoms with Crippen molar-refractivity contribution in [2.24, 2.45) is 4.99 Å². The second-order valence-corrected chi connectivity index (χ2v) is 3.29. The van der Waals surface area contributed by atoms with Crippen molar-refractivity contribution < 1.29 is 0 Å². The number of nitrogens with zero attached hydrogens (tertiary/aromatic N) is 1. The number of hydrogen-bond donors (Lipinski definition) is 1. The first-order valence-electron chi connectivity index (χ1n) is 3.85. The maximum absolute atomic E-state index is 5.86. The Morgan fingerprint density at radius 3 is 3.17 bits per heavy atom. The minimum absolute atomic E-state index is 0.302. The molecule has 1 aromatic carbocycles. The summed E-state index contributed by atoms with van der Waals surface area (Å²) in [7, 11) is 0. The van der Waals surface area contributed by atoms with Crippen LogP contribution in [0.25, 0.3) is 0 Å². The molecule has 2 nitrogen and oxygen atoms in total. The van der Waals surface area contributed by atoms with E-state index in [0.29, 0.717) is 6.04 Å². The Balaban J connectivity index is 2.56. The van der Waals surface area contributed by atoms with Gasteiger partial charge >= 0.3 is 0 Å². The van der Waals surface area contributed by atoms with E-state index in [9.17, 15) is 0 Å². The Hall–Kier alpha value is -1.02. The van der Waals surface area contributed by atoms with Gasteiger partial charge in [0.1, 0.15) is 0 Å². The normalized spacial score (nSPS) is 20.0. The highest BCUT2D eigenvalue weighted by atomic mass is 35.5.